The van der Waals surface area contributed by atoms with Crippen LogP contribution >= 0.6 is 0 Å². The number of benzene rings is 1. The highest BCUT2D eigenvalue weighted by molar-refractivity contribution is 5.92. The SMILES string of the molecule is CCCN(C(=O)c1coc(COc2cccc(F)c2F)n1)C1CCCC1. The summed E-state index contributed by atoms with van der Waals surface area (Å²) in [5.74, 6) is -2.30. The van der Waals surface area contributed by atoms with Gasteiger partial charge in [-0.05, 0) is 31.4 Å². The Kier molecular flexibility index (Phi) is 5.85. The van der Waals surface area contributed by atoms with Crippen molar-refractivity contribution in [1.82, 2.24) is 9.88 Å². The van der Waals surface area contributed by atoms with Gasteiger partial charge in [0.1, 0.15) is 6.26 Å². The predicted molar refractivity (Wildman–Crippen MR) is 90.8 cm³/mol. The summed E-state index contributed by atoms with van der Waals surface area (Å²) in [5.41, 5.74) is 0.212. The molecule has 1 aliphatic carbocycles. The van der Waals surface area contributed by atoms with E-state index in [1.54, 1.807) is 0 Å². The second-order valence-electron chi connectivity index (χ2n) is 6.40. The summed E-state index contributed by atoms with van der Waals surface area (Å²) in [6.45, 7) is 2.52. The average molecular weight is 364 g/mol. The standard InChI is InChI=1S/C19H22F2N2O3/c1-2-10-23(13-6-3-4-7-13)19(24)15-11-26-17(22-15)12-25-16-9-5-8-14(20)18(16)21/h5,8-9,11,13H,2-4,6-7,10,12H2,1H3. The minimum Gasteiger partial charge on any atom is -0.481 e. The second-order valence-corrected chi connectivity index (χ2v) is 6.40. The molecule has 140 valence electrons. The predicted octanol–water partition coefficient (Wildman–Crippen LogP) is 4.33. The maximum absolute atomic E-state index is 13.6. The number of hydrogen-bond acceptors (Lipinski definition) is 4. The zero-order valence-corrected chi connectivity index (χ0v) is 14.7. The first-order valence-corrected chi connectivity index (χ1v) is 8.92. The van der Waals surface area contributed by atoms with E-state index in [2.05, 4.69) is 4.98 Å². The smallest absolute Gasteiger partial charge is 0.276 e. The van der Waals surface area contributed by atoms with Crippen LogP contribution in [0.5, 0.6) is 5.75 Å². The average Bonchev–Trinajstić information content (AvgIpc) is 3.32. The Bertz CT molecular complexity index is 757. The molecule has 1 aromatic heterocycles. The highest BCUT2D eigenvalue weighted by atomic mass is 19.2. The monoisotopic (exact) mass is 364 g/mol. The minimum atomic E-state index is -1.06. The lowest BCUT2D eigenvalue weighted by molar-refractivity contribution is 0.0675. The Hall–Kier alpha value is -2.44. The quantitative estimate of drug-likeness (QED) is 0.734. The Morgan fingerprint density at radius 3 is 2.85 bits per heavy atom. The van der Waals surface area contributed by atoms with E-state index in [1.165, 1.54) is 18.4 Å². The van der Waals surface area contributed by atoms with Crippen molar-refractivity contribution in [1.29, 1.82) is 0 Å². The lowest BCUT2D eigenvalue weighted by Crippen LogP contribution is -2.39. The first-order valence-electron chi connectivity index (χ1n) is 8.92. The van der Waals surface area contributed by atoms with Gasteiger partial charge in [0.05, 0.1) is 0 Å². The molecule has 0 N–H and O–H groups in total. The van der Waals surface area contributed by atoms with E-state index in [1.807, 2.05) is 11.8 Å². The van der Waals surface area contributed by atoms with Crippen molar-refractivity contribution in [2.45, 2.75) is 51.7 Å². The molecular weight excluding hydrogens is 342 g/mol. The molecule has 1 aliphatic rings. The molecule has 0 spiro atoms. The van der Waals surface area contributed by atoms with Crippen LogP contribution in [0.4, 0.5) is 8.78 Å². The van der Waals surface area contributed by atoms with Crippen LogP contribution in [0.2, 0.25) is 0 Å². The summed E-state index contributed by atoms with van der Waals surface area (Å²) in [7, 11) is 0. The number of halogens is 2. The number of carbonyl (C=O) groups excluding carboxylic acids is 1. The third-order valence-corrected chi connectivity index (χ3v) is 4.53. The molecule has 0 radical (unpaired) electrons. The van der Waals surface area contributed by atoms with E-state index in [-0.39, 0.29) is 35.9 Å². The molecule has 2 aromatic rings. The van der Waals surface area contributed by atoms with E-state index in [0.29, 0.717) is 6.54 Å². The molecule has 5 nitrogen and oxygen atoms in total. The van der Waals surface area contributed by atoms with E-state index < -0.39 is 11.6 Å². The van der Waals surface area contributed by atoms with Gasteiger partial charge in [0.2, 0.25) is 11.7 Å². The van der Waals surface area contributed by atoms with E-state index in [9.17, 15) is 13.6 Å². The van der Waals surface area contributed by atoms with Crippen LogP contribution in [-0.4, -0.2) is 28.4 Å². The number of oxazole rings is 1. The highest BCUT2D eigenvalue weighted by Crippen LogP contribution is 2.25. The lowest BCUT2D eigenvalue weighted by atomic mass is 10.2. The Labute approximate surface area is 151 Å². The van der Waals surface area contributed by atoms with Crippen LogP contribution < -0.4 is 4.74 Å². The van der Waals surface area contributed by atoms with Crippen molar-refractivity contribution >= 4 is 5.91 Å². The largest absolute Gasteiger partial charge is 0.481 e. The number of ether oxygens (including phenoxy) is 1. The van der Waals surface area contributed by atoms with Gasteiger partial charge in [0.15, 0.2) is 23.9 Å². The van der Waals surface area contributed by atoms with Gasteiger partial charge in [0.25, 0.3) is 5.91 Å². The van der Waals surface area contributed by atoms with E-state index >= 15 is 0 Å². The van der Waals surface area contributed by atoms with Crippen molar-refractivity contribution in [3.8, 4) is 5.75 Å². The Morgan fingerprint density at radius 1 is 1.35 bits per heavy atom. The van der Waals surface area contributed by atoms with Crippen LogP contribution in [0.1, 0.15) is 55.4 Å². The van der Waals surface area contributed by atoms with E-state index in [0.717, 1.165) is 38.2 Å². The summed E-state index contributed by atoms with van der Waals surface area (Å²) in [6, 6.07) is 3.93. The van der Waals surface area contributed by atoms with Gasteiger partial charge in [-0.2, -0.15) is 4.39 Å². The fraction of sp³-hybridized carbons (Fsp3) is 0.474. The summed E-state index contributed by atoms with van der Waals surface area (Å²) in [5, 5.41) is 0. The fourth-order valence-corrected chi connectivity index (χ4v) is 3.26. The molecule has 1 fully saturated rings. The van der Waals surface area contributed by atoms with Gasteiger partial charge in [-0.25, -0.2) is 9.37 Å². The van der Waals surface area contributed by atoms with Crippen molar-refractivity contribution in [2.24, 2.45) is 0 Å². The topological polar surface area (TPSA) is 55.6 Å². The van der Waals surface area contributed by atoms with Crippen LogP contribution in [0.15, 0.2) is 28.9 Å². The van der Waals surface area contributed by atoms with Crippen molar-refractivity contribution in [3.63, 3.8) is 0 Å². The third kappa shape index (κ3) is 4.03. The summed E-state index contributed by atoms with van der Waals surface area (Å²) in [6.07, 6.45) is 6.46. The van der Waals surface area contributed by atoms with Crippen LogP contribution in [-0.2, 0) is 6.61 Å². The first kappa shape index (κ1) is 18.4. The van der Waals surface area contributed by atoms with Crippen LogP contribution in [0, 0.1) is 11.6 Å². The number of aromatic nitrogens is 1. The summed E-state index contributed by atoms with van der Waals surface area (Å²) in [4.78, 5) is 18.8. The maximum atomic E-state index is 13.6. The molecule has 26 heavy (non-hydrogen) atoms. The zero-order valence-electron chi connectivity index (χ0n) is 14.7. The molecular formula is C19H22F2N2O3. The lowest BCUT2D eigenvalue weighted by Gasteiger charge is -2.27. The zero-order chi connectivity index (χ0) is 18.5. The molecule has 7 heteroatoms. The fourth-order valence-electron chi connectivity index (χ4n) is 3.26. The van der Waals surface area contributed by atoms with E-state index in [4.69, 9.17) is 9.15 Å². The number of hydrogen-bond donors (Lipinski definition) is 0. The van der Waals surface area contributed by atoms with Crippen LogP contribution in [0.3, 0.4) is 0 Å². The van der Waals surface area contributed by atoms with Gasteiger partial charge in [-0.15, -0.1) is 0 Å². The van der Waals surface area contributed by atoms with Gasteiger partial charge in [0, 0.05) is 12.6 Å². The first-order chi connectivity index (χ1) is 12.6. The molecule has 1 saturated carbocycles. The molecule has 0 unspecified atom stereocenters. The molecule has 0 saturated heterocycles. The molecule has 0 aliphatic heterocycles. The molecule has 3 rings (SSSR count). The van der Waals surface area contributed by atoms with Gasteiger partial charge in [-0.3, -0.25) is 4.79 Å². The van der Waals surface area contributed by atoms with Gasteiger partial charge in [-0.1, -0.05) is 25.8 Å². The molecule has 1 amide bonds. The molecule has 0 bridgehead atoms. The van der Waals surface area contributed by atoms with Crippen molar-refractivity contribution in [2.75, 3.05) is 6.54 Å². The maximum Gasteiger partial charge on any atom is 0.276 e. The number of rotatable bonds is 7. The summed E-state index contributed by atoms with van der Waals surface area (Å²) < 4.78 is 37.2. The molecule has 1 heterocycles. The minimum absolute atomic E-state index is 0.139. The van der Waals surface area contributed by atoms with Gasteiger partial charge >= 0.3 is 0 Å². The summed E-state index contributed by atoms with van der Waals surface area (Å²) >= 11 is 0. The number of carbonyl (C=O) groups is 1. The number of nitrogens with zero attached hydrogens (tertiary/aromatic N) is 2. The normalized spacial score (nSPS) is 14.6. The Balaban J connectivity index is 1.66. The highest BCUT2D eigenvalue weighted by Gasteiger charge is 2.28. The van der Waals surface area contributed by atoms with Crippen molar-refractivity contribution in [3.05, 3.63) is 47.7 Å². The van der Waals surface area contributed by atoms with Gasteiger partial charge < -0.3 is 14.1 Å². The third-order valence-electron chi connectivity index (χ3n) is 4.53. The van der Waals surface area contributed by atoms with Crippen LogP contribution in [0.25, 0.3) is 0 Å². The second kappa shape index (κ2) is 8.29. The number of amides is 1. The molecule has 1 aromatic carbocycles. The molecule has 0 atom stereocenters. The van der Waals surface area contributed by atoms with Crippen molar-refractivity contribution < 1.29 is 22.7 Å². The Morgan fingerprint density at radius 2 is 2.12 bits per heavy atom.